The number of sulfonamides is 1. The number of benzene rings is 2. The predicted octanol–water partition coefficient (Wildman–Crippen LogP) is 4.74. The van der Waals surface area contributed by atoms with Gasteiger partial charge in [-0.2, -0.15) is 13.2 Å². The van der Waals surface area contributed by atoms with E-state index in [9.17, 15) is 31.5 Å². The van der Waals surface area contributed by atoms with E-state index in [1.165, 1.54) is 18.2 Å². The summed E-state index contributed by atoms with van der Waals surface area (Å²) in [6.45, 7) is 4.81. The summed E-state index contributed by atoms with van der Waals surface area (Å²) in [6, 6.07) is 6.61. The van der Waals surface area contributed by atoms with E-state index in [-0.39, 0.29) is 17.0 Å². The van der Waals surface area contributed by atoms with Crippen LogP contribution in [0, 0.1) is 13.8 Å². The Hall–Kier alpha value is -2.04. The molecule has 0 radical (unpaired) electrons. The van der Waals surface area contributed by atoms with E-state index in [0.29, 0.717) is 16.0 Å². The molecule has 0 aliphatic carbocycles. The van der Waals surface area contributed by atoms with Crippen molar-refractivity contribution in [1.29, 1.82) is 0 Å². The van der Waals surface area contributed by atoms with Crippen molar-refractivity contribution in [2.45, 2.75) is 36.7 Å². The minimum absolute atomic E-state index is 0.0311. The van der Waals surface area contributed by atoms with Crippen molar-refractivity contribution >= 4 is 27.9 Å². The summed E-state index contributed by atoms with van der Waals surface area (Å²) in [7, 11) is -4.07. The maximum absolute atomic E-state index is 13.0. The number of carbonyl (C=O) groups is 1. The van der Waals surface area contributed by atoms with Gasteiger partial charge >= 0.3 is 12.1 Å². The molecule has 10 heteroatoms. The van der Waals surface area contributed by atoms with E-state index in [2.05, 4.69) is 0 Å². The number of aromatic carboxylic acids is 1. The van der Waals surface area contributed by atoms with Gasteiger partial charge in [-0.15, -0.1) is 3.71 Å². The smallest absolute Gasteiger partial charge is 0.416 e. The van der Waals surface area contributed by atoms with Crippen LogP contribution in [0.2, 0.25) is 0 Å². The number of aryl methyl sites for hydroxylation is 1. The van der Waals surface area contributed by atoms with Crippen LogP contribution >= 0.6 is 11.9 Å². The lowest BCUT2D eigenvalue weighted by Gasteiger charge is -2.20. The van der Waals surface area contributed by atoms with E-state index < -0.39 is 27.7 Å². The predicted molar refractivity (Wildman–Crippen MR) is 99.7 cm³/mol. The van der Waals surface area contributed by atoms with Gasteiger partial charge in [0.2, 0.25) is 0 Å². The van der Waals surface area contributed by atoms with Crippen molar-refractivity contribution in [2.75, 3.05) is 6.54 Å². The third kappa shape index (κ3) is 4.68. The zero-order valence-electron chi connectivity index (χ0n) is 15.2. The molecule has 0 aliphatic rings. The zero-order valence-corrected chi connectivity index (χ0v) is 16.9. The summed E-state index contributed by atoms with van der Waals surface area (Å²) in [5.74, 6) is -1.24. The molecule has 0 fully saturated rings. The van der Waals surface area contributed by atoms with E-state index in [1.54, 1.807) is 20.8 Å². The van der Waals surface area contributed by atoms with Crippen LogP contribution in [0.3, 0.4) is 0 Å². The monoisotopic (exact) mass is 433 g/mol. The molecule has 0 bridgehead atoms. The lowest BCUT2D eigenvalue weighted by molar-refractivity contribution is -0.137. The number of carboxylic acid groups (broad SMARTS) is 1. The van der Waals surface area contributed by atoms with Gasteiger partial charge in [-0.25, -0.2) is 13.2 Å². The van der Waals surface area contributed by atoms with E-state index in [4.69, 9.17) is 0 Å². The number of nitrogens with zero attached hydrogens (tertiary/aromatic N) is 1. The molecule has 2 aromatic rings. The molecule has 2 rings (SSSR count). The molecular formula is C18H18F3NO4S2. The third-order valence-corrected chi connectivity index (χ3v) is 7.47. The van der Waals surface area contributed by atoms with Gasteiger partial charge in [0, 0.05) is 11.4 Å². The Morgan fingerprint density at radius 2 is 1.71 bits per heavy atom. The molecule has 0 saturated heterocycles. The molecule has 0 atom stereocenters. The standard InChI is InChI=1S/C18H18F3NO4S2/c1-4-22(27-14-7-5-13(6-8-14)18(19,20)21)28(25,26)15-9-11(2)12(3)16(10-15)17(23)24/h5-10H,4H2,1-3H3,(H,23,24). The van der Waals surface area contributed by atoms with Crippen LogP contribution in [-0.2, 0) is 16.2 Å². The largest absolute Gasteiger partial charge is 0.478 e. The molecule has 0 spiro atoms. The number of hydrogen-bond acceptors (Lipinski definition) is 4. The van der Waals surface area contributed by atoms with Crippen LogP contribution in [0.5, 0.6) is 0 Å². The minimum Gasteiger partial charge on any atom is -0.478 e. The summed E-state index contributed by atoms with van der Waals surface area (Å²) < 4.78 is 64.9. The van der Waals surface area contributed by atoms with Crippen LogP contribution in [0.15, 0.2) is 46.2 Å². The topological polar surface area (TPSA) is 74.7 Å². The molecule has 0 aliphatic heterocycles. The Morgan fingerprint density at radius 3 is 2.18 bits per heavy atom. The van der Waals surface area contributed by atoms with Gasteiger partial charge in [0.05, 0.1) is 16.0 Å². The average molecular weight is 433 g/mol. The summed E-state index contributed by atoms with van der Waals surface area (Å²) in [4.78, 5) is 11.5. The first kappa shape index (κ1) is 22.3. The first-order valence-corrected chi connectivity index (χ1v) is 10.3. The zero-order chi connectivity index (χ0) is 21.3. The second kappa shape index (κ2) is 8.14. The van der Waals surface area contributed by atoms with Crippen molar-refractivity contribution < 1.29 is 31.5 Å². The number of hydrogen-bond donors (Lipinski definition) is 1. The number of alkyl halides is 3. The van der Waals surface area contributed by atoms with Crippen molar-refractivity contribution in [3.05, 3.63) is 58.7 Å². The molecule has 0 aromatic heterocycles. The van der Waals surface area contributed by atoms with Crippen molar-refractivity contribution in [1.82, 2.24) is 3.71 Å². The van der Waals surface area contributed by atoms with Gasteiger partial charge in [0.25, 0.3) is 10.0 Å². The molecule has 5 nitrogen and oxygen atoms in total. The van der Waals surface area contributed by atoms with Crippen molar-refractivity contribution in [3.63, 3.8) is 0 Å². The van der Waals surface area contributed by atoms with Crippen LogP contribution in [0.25, 0.3) is 0 Å². The second-order valence-corrected chi connectivity index (χ2v) is 9.14. The Morgan fingerprint density at radius 1 is 1.14 bits per heavy atom. The van der Waals surface area contributed by atoms with Gasteiger partial charge in [-0.1, -0.05) is 6.92 Å². The normalized spacial score (nSPS) is 12.4. The third-order valence-electron chi connectivity index (χ3n) is 4.08. The summed E-state index contributed by atoms with van der Waals surface area (Å²) in [6.07, 6.45) is -4.48. The lowest BCUT2D eigenvalue weighted by atomic mass is 10.0. The summed E-state index contributed by atoms with van der Waals surface area (Å²) in [5.41, 5.74) is 0.0242. The number of halogens is 3. The van der Waals surface area contributed by atoms with Crippen LogP contribution in [0.1, 0.15) is 34.0 Å². The maximum Gasteiger partial charge on any atom is 0.416 e. The van der Waals surface area contributed by atoms with Crippen LogP contribution in [-0.4, -0.2) is 29.7 Å². The SMILES string of the molecule is CCN(Sc1ccc(C(F)(F)F)cc1)S(=O)(=O)c1cc(C)c(C)c(C(=O)O)c1. The molecular weight excluding hydrogens is 415 g/mol. The van der Waals surface area contributed by atoms with Crippen molar-refractivity contribution in [2.24, 2.45) is 0 Å². The maximum atomic E-state index is 13.0. The Balaban J connectivity index is 2.39. The highest BCUT2D eigenvalue weighted by Gasteiger charge is 2.31. The number of carboxylic acids is 1. The Kier molecular flexibility index (Phi) is 6.47. The fourth-order valence-corrected chi connectivity index (χ4v) is 5.12. The highest BCUT2D eigenvalue weighted by Crippen LogP contribution is 2.34. The highest BCUT2D eigenvalue weighted by atomic mass is 32.3. The quantitative estimate of drug-likeness (QED) is 0.666. The molecule has 152 valence electrons. The molecule has 0 unspecified atom stereocenters. The van der Waals surface area contributed by atoms with Crippen LogP contribution in [0.4, 0.5) is 13.2 Å². The highest BCUT2D eigenvalue weighted by molar-refractivity contribution is 8.08. The molecule has 2 aromatic carbocycles. The molecule has 28 heavy (non-hydrogen) atoms. The second-order valence-electron chi connectivity index (χ2n) is 5.96. The Labute approximate surface area is 165 Å². The first-order chi connectivity index (χ1) is 12.9. The van der Waals surface area contributed by atoms with E-state index in [1.807, 2.05) is 0 Å². The first-order valence-electron chi connectivity index (χ1n) is 8.10. The number of rotatable bonds is 6. The fraction of sp³-hybridized carbons (Fsp3) is 0.278. The van der Waals surface area contributed by atoms with Gasteiger partial charge in [0.15, 0.2) is 0 Å². The summed E-state index contributed by atoms with van der Waals surface area (Å²) >= 11 is 0.765. The molecule has 0 saturated carbocycles. The fourth-order valence-electron chi connectivity index (χ4n) is 2.42. The lowest BCUT2D eigenvalue weighted by Crippen LogP contribution is -2.25. The van der Waals surface area contributed by atoms with Gasteiger partial charge in [-0.3, -0.25) is 0 Å². The summed E-state index contributed by atoms with van der Waals surface area (Å²) in [5, 5.41) is 9.30. The van der Waals surface area contributed by atoms with Crippen molar-refractivity contribution in [3.8, 4) is 0 Å². The van der Waals surface area contributed by atoms with Gasteiger partial charge in [0.1, 0.15) is 0 Å². The van der Waals surface area contributed by atoms with E-state index >= 15 is 0 Å². The van der Waals surface area contributed by atoms with Crippen LogP contribution < -0.4 is 0 Å². The minimum atomic E-state index is -4.48. The molecule has 0 amide bonds. The molecule has 0 heterocycles. The average Bonchev–Trinajstić information content (AvgIpc) is 2.60. The Bertz CT molecular complexity index is 987. The van der Waals surface area contributed by atoms with Gasteiger partial charge in [-0.05, 0) is 73.3 Å². The van der Waals surface area contributed by atoms with E-state index in [0.717, 1.165) is 33.9 Å². The molecule has 1 N–H and O–H groups in total. The van der Waals surface area contributed by atoms with Gasteiger partial charge < -0.3 is 5.11 Å².